The lowest BCUT2D eigenvalue weighted by atomic mass is 9.96. The molecule has 1 aliphatic carbocycles. The monoisotopic (exact) mass is 427 g/mol. The molecule has 1 saturated carbocycles. The average Bonchev–Trinajstić information content (AvgIpc) is 2.62. The molecule has 136 valence electrons. The number of hydrogen-bond donors (Lipinski definition) is 1. The molecular formula is C18H23BrClN3O2. The maximum Gasteiger partial charge on any atom is 0.317 e. The van der Waals surface area contributed by atoms with Crippen molar-refractivity contribution in [3.8, 4) is 0 Å². The number of amides is 3. The zero-order valence-electron chi connectivity index (χ0n) is 14.1. The number of rotatable bonds is 2. The molecule has 0 radical (unpaired) electrons. The summed E-state index contributed by atoms with van der Waals surface area (Å²) in [6.45, 7) is 2.17. The molecule has 1 saturated heterocycles. The van der Waals surface area contributed by atoms with E-state index in [0.717, 1.165) is 17.3 Å². The SMILES string of the molecule is O=C(NC1CCCCC1)N1CCN(C(=O)c2ccc(Br)cc2Cl)CC1. The Morgan fingerprint density at radius 2 is 1.68 bits per heavy atom. The highest BCUT2D eigenvalue weighted by Gasteiger charge is 2.27. The second kappa shape index (κ2) is 8.41. The third-order valence-corrected chi connectivity index (χ3v) is 5.75. The van der Waals surface area contributed by atoms with Gasteiger partial charge in [-0.3, -0.25) is 4.79 Å². The summed E-state index contributed by atoms with van der Waals surface area (Å²) in [7, 11) is 0. The van der Waals surface area contributed by atoms with E-state index in [9.17, 15) is 9.59 Å². The lowest BCUT2D eigenvalue weighted by molar-refractivity contribution is 0.0662. The van der Waals surface area contributed by atoms with Crippen LogP contribution in [-0.2, 0) is 0 Å². The largest absolute Gasteiger partial charge is 0.335 e. The van der Waals surface area contributed by atoms with E-state index in [1.54, 1.807) is 17.0 Å². The molecule has 1 aromatic rings. The molecule has 2 aliphatic rings. The van der Waals surface area contributed by atoms with Crippen LogP contribution in [0.4, 0.5) is 4.79 Å². The van der Waals surface area contributed by atoms with Crippen LogP contribution >= 0.6 is 27.5 Å². The molecule has 0 atom stereocenters. The topological polar surface area (TPSA) is 52.7 Å². The first-order valence-corrected chi connectivity index (χ1v) is 10.0. The van der Waals surface area contributed by atoms with Gasteiger partial charge in [0.25, 0.3) is 5.91 Å². The standard InChI is InChI=1S/C18H23BrClN3O2/c19-13-6-7-15(16(20)12-13)17(24)22-8-10-23(11-9-22)18(25)21-14-4-2-1-3-5-14/h6-7,12,14H,1-5,8-11H2,(H,21,25). The molecule has 7 heteroatoms. The van der Waals surface area contributed by atoms with Gasteiger partial charge >= 0.3 is 6.03 Å². The Balaban J connectivity index is 1.52. The molecule has 0 spiro atoms. The molecule has 1 N–H and O–H groups in total. The summed E-state index contributed by atoms with van der Waals surface area (Å²) in [5.41, 5.74) is 0.505. The van der Waals surface area contributed by atoms with E-state index in [4.69, 9.17) is 11.6 Å². The van der Waals surface area contributed by atoms with Crippen molar-refractivity contribution in [2.24, 2.45) is 0 Å². The van der Waals surface area contributed by atoms with Gasteiger partial charge < -0.3 is 15.1 Å². The van der Waals surface area contributed by atoms with Gasteiger partial charge in [-0.2, -0.15) is 0 Å². The van der Waals surface area contributed by atoms with Crippen LogP contribution < -0.4 is 5.32 Å². The van der Waals surface area contributed by atoms with Gasteiger partial charge in [0, 0.05) is 36.7 Å². The predicted octanol–water partition coefficient (Wildman–Crippen LogP) is 3.90. The van der Waals surface area contributed by atoms with E-state index in [1.807, 2.05) is 11.0 Å². The summed E-state index contributed by atoms with van der Waals surface area (Å²) in [5, 5.41) is 3.58. The molecule has 3 amide bonds. The van der Waals surface area contributed by atoms with Crippen molar-refractivity contribution in [3.63, 3.8) is 0 Å². The highest BCUT2D eigenvalue weighted by molar-refractivity contribution is 9.10. The van der Waals surface area contributed by atoms with Crippen LogP contribution in [0.5, 0.6) is 0 Å². The Bertz CT molecular complexity index is 641. The van der Waals surface area contributed by atoms with Gasteiger partial charge in [-0.25, -0.2) is 4.79 Å². The zero-order chi connectivity index (χ0) is 17.8. The highest BCUT2D eigenvalue weighted by Crippen LogP contribution is 2.23. The van der Waals surface area contributed by atoms with E-state index < -0.39 is 0 Å². The summed E-state index contributed by atoms with van der Waals surface area (Å²) in [6.07, 6.45) is 5.81. The minimum Gasteiger partial charge on any atom is -0.335 e. The lowest BCUT2D eigenvalue weighted by Gasteiger charge is -2.36. The van der Waals surface area contributed by atoms with Gasteiger partial charge in [-0.05, 0) is 31.0 Å². The molecule has 1 aliphatic heterocycles. The Morgan fingerprint density at radius 3 is 2.32 bits per heavy atom. The van der Waals surface area contributed by atoms with Crippen molar-refractivity contribution in [1.82, 2.24) is 15.1 Å². The smallest absolute Gasteiger partial charge is 0.317 e. The Labute approximate surface area is 161 Å². The van der Waals surface area contributed by atoms with Gasteiger partial charge in [-0.15, -0.1) is 0 Å². The highest BCUT2D eigenvalue weighted by atomic mass is 79.9. The van der Waals surface area contributed by atoms with Crippen molar-refractivity contribution in [3.05, 3.63) is 33.3 Å². The first-order valence-electron chi connectivity index (χ1n) is 8.84. The number of urea groups is 1. The molecule has 0 unspecified atom stereocenters. The number of hydrogen-bond acceptors (Lipinski definition) is 2. The van der Waals surface area contributed by atoms with Gasteiger partial charge in [0.2, 0.25) is 0 Å². The molecule has 1 aromatic carbocycles. The van der Waals surface area contributed by atoms with E-state index in [1.165, 1.54) is 19.3 Å². The summed E-state index contributed by atoms with van der Waals surface area (Å²) >= 11 is 9.52. The lowest BCUT2D eigenvalue weighted by Crippen LogP contribution is -2.54. The molecule has 5 nitrogen and oxygen atoms in total. The Kier molecular flexibility index (Phi) is 6.23. The van der Waals surface area contributed by atoms with Crippen molar-refractivity contribution in [2.75, 3.05) is 26.2 Å². The van der Waals surface area contributed by atoms with Crippen LogP contribution in [0.2, 0.25) is 5.02 Å². The summed E-state index contributed by atoms with van der Waals surface area (Å²) in [4.78, 5) is 28.6. The van der Waals surface area contributed by atoms with Crippen LogP contribution in [0.3, 0.4) is 0 Å². The Hall–Kier alpha value is -1.27. The van der Waals surface area contributed by atoms with E-state index in [-0.39, 0.29) is 11.9 Å². The predicted molar refractivity (Wildman–Crippen MR) is 102 cm³/mol. The number of piperazine rings is 1. The molecule has 2 fully saturated rings. The summed E-state index contributed by atoms with van der Waals surface area (Å²) in [5.74, 6) is -0.0789. The molecule has 0 bridgehead atoms. The average molecular weight is 429 g/mol. The van der Waals surface area contributed by atoms with Crippen molar-refractivity contribution >= 4 is 39.5 Å². The Morgan fingerprint density at radius 1 is 1.04 bits per heavy atom. The maximum atomic E-state index is 12.6. The van der Waals surface area contributed by atoms with Gasteiger partial charge in [0.15, 0.2) is 0 Å². The van der Waals surface area contributed by atoms with Gasteiger partial charge in [0.1, 0.15) is 0 Å². The molecule has 1 heterocycles. The van der Waals surface area contributed by atoms with Crippen LogP contribution in [0.25, 0.3) is 0 Å². The molecule has 3 rings (SSSR count). The molecular weight excluding hydrogens is 406 g/mol. The second-order valence-electron chi connectivity index (χ2n) is 6.69. The summed E-state index contributed by atoms with van der Waals surface area (Å²) < 4.78 is 0.846. The van der Waals surface area contributed by atoms with Crippen molar-refractivity contribution in [2.45, 2.75) is 38.1 Å². The number of nitrogens with zero attached hydrogens (tertiary/aromatic N) is 2. The van der Waals surface area contributed by atoms with Crippen LogP contribution in [0.15, 0.2) is 22.7 Å². The second-order valence-corrected chi connectivity index (χ2v) is 8.01. The fourth-order valence-electron chi connectivity index (χ4n) is 3.46. The maximum absolute atomic E-state index is 12.6. The van der Waals surface area contributed by atoms with E-state index >= 15 is 0 Å². The first kappa shape index (κ1) is 18.5. The summed E-state index contributed by atoms with van der Waals surface area (Å²) in [6, 6.07) is 5.58. The minimum atomic E-state index is -0.0789. The third kappa shape index (κ3) is 4.67. The van der Waals surface area contributed by atoms with E-state index in [0.29, 0.717) is 42.8 Å². The van der Waals surface area contributed by atoms with Crippen molar-refractivity contribution < 1.29 is 9.59 Å². The van der Waals surface area contributed by atoms with Crippen LogP contribution in [-0.4, -0.2) is 54.0 Å². The van der Waals surface area contributed by atoms with E-state index in [2.05, 4.69) is 21.2 Å². The third-order valence-electron chi connectivity index (χ3n) is 4.95. The number of carbonyl (C=O) groups excluding carboxylic acids is 2. The fraction of sp³-hybridized carbons (Fsp3) is 0.556. The molecule has 0 aromatic heterocycles. The van der Waals surface area contributed by atoms with Gasteiger partial charge in [0.05, 0.1) is 10.6 Å². The van der Waals surface area contributed by atoms with Crippen molar-refractivity contribution in [1.29, 1.82) is 0 Å². The number of carbonyl (C=O) groups is 2. The molecule has 25 heavy (non-hydrogen) atoms. The zero-order valence-corrected chi connectivity index (χ0v) is 16.5. The minimum absolute atomic E-state index is 0.000623. The van der Waals surface area contributed by atoms with Crippen LogP contribution in [0, 0.1) is 0 Å². The number of benzene rings is 1. The normalized spacial score (nSPS) is 19.0. The van der Waals surface area contributed by atoms with Crippen LogP contribution in [0.1, 0.15) is 42.5 Å². The van der Waals surface area contributed by atoms with Gasteiger partial charge in [-0.1, -0.05) is 46.8 Å². The number of nitrogens with one attached hydrogen (secondary N) is 1. The fourth-order valence-corrected chi connectivity index (χ4v) is 4.21. The number of halogens is 2. The quantitative estimate of drug-likeness (QED) is 0.776. The first-order chi connectivity index (χ1) is 12.0.